The molecule has 0 saturated heterocycles. The second kappa shape index (κ2) is 5.98. The largest absolute Gasteiger partial charge is 0.294 e. The Hall–Kier alpha value is -2.13. The Morgan fingerprint density at radius 1 is 1.28 bits per heavy atom. The normalized spacial score (nSPS) is 10.3. The van der Waals surface area contributed by atoms with E-state index in [2.05, 4.69) is 20.4 Å². The zero-order valence-corrected chi connectivity index (χ0v) is 10.1. The molecule has 0 aliphatic rings. The Kier molecular flexibility index (Phi) is 4.63. The molecule has 96 valence electrons. The third kappa shape index (κ3) is 4.39. The maximum absolute atomic E-state index is 10.5. The maximum atomic E-state index is 10.5. The third-order valence-corrected chi connectivity index (χ3v) is 2.68. The van der Waals surface area contributed by atoms with Gasteiger partial charge in [0.2, 0.25) is 0 Å². The van der Waals surface area contributed by atoms with Gasteiger partial charge in [0.25, 0.3) is 16.1 Å². The van der Waals surface area contributed by atoms with Crippen molar-refractivity contribution in [2.75, 3.05) is 0 Å². The van der Waals surface area contributed by atoms with E-state index in [4.69, 9.17) is 4.55 Å². The number of aromatic amines is 1. The SMILES string of the molecule is Cc1ccc(S(=O)(=O)O)cc1.O=Nc1ncn[nH]1. The summed E-state index contributed by atoms with van der Waals surface area (Å²) in [6.07, 6.45) is 1.22. The van der Waals surface area contributed by atoms with Gasteiger partial charge in [-0.25, -0.2) is 5.10 Å². The molecule has 1 heterocycles. The van der Waals surface area contributed by atoms with E-state index >= 15 is 0 Å². The van der Waals surface area contributed by atoms with Crippen molar-refractivity contribution < 1.29 is 13.0 Å². The highest BCUT2D eigenvalue weighted by Crippen LogP contribution is 2.08. The van der Waals surface area contributed by atoms with Gasteiger partial charge in [-0.15, -0.1) is 4.91 Å². The average molecular weight is 270 g/mol. The number of hydrogen-bond donors (Lipinski definition) is 2. The fourth-order valence-corrected chi connectivity index (χ4v) is 1.43. The molecule has 2 rings (SSSR count). The highest BCUT2D eigenvalue weighted by atomic mass is 32.2. The molecule has 0 fully saturated rings. The van der Waals surface area contributed by atoms with Crippen molar-refractivity contribution in [1.29, 1.82) is 0 Å². The molecule has 2 aromatic rings. The van der Waals surface area contributed by atoms with Crippen LogP contribution < -0.4 is 0 Å². The first-order valence-electron chi connectivity index (χ1n) is 4.66. The summed E-state index contributed by atoms with van der Waals surface area (Å²) < 4.78 is 29.6. The van der Waals surface area contributed by atoms with E-state index in [0.717, 1.165) is 5.56 Å². The van der Waals surface area contributed by atoms with Gasteiger partial charge in [0.05, 0.1) is 4.90 Å². The highest BCUT2D eigenvalue weighted by molar-refractivity contribution is 7.85. The van der Waals surface area contributed by atoms with E-state index in [1.54, 1.807) is 12.1 Å². The van der Waals surface area contributed by atoms with E-state index in [-0.39, 0.29) is 10.8 Å². The summed E-state index contributed by atoms with van der Waals surface area (Å²) in [6.45, 7) is 1.84. The van der Waals surface area contributed by atoms with Gasteiger partial charge in [-0.1, -0.05) is 17.7 Å². The van der Waals surface area contributed by atoms with Crippen molar-refractivity contribution in [3.05, 3.63) is 41.1 Å². The van der Waals surface area contributed by atoms with E-state index in [1.165, 1.54) is 18.5 Å². The molecule has 18 heavy (non-hydrogen) atoms. The number of hydrogen-bond acceptors (Lipinski definition) is 6. The van der Waals surface area contributed by atoms with Crippen molar-refractivity contribution in [3.63, 3.8) is 0 Å². The van der Waals surface area contributed by atoms with Gasteiger partial charge in [0.1, 0.15) is 6.33 Å². The van der Waals surface area contributed by atoms with Crippen molar-refractivity contribution >= 4 is 16.1 Å². The fourth-order valence-electron chi connectivity index (χ4n) is 0.953. The Labute approximate surface area is 103 Å². The second-order valence-electron chi connectivity index (χ2n) is 3.19. The predicted molar refractivity (Wildman–Crippen MR) is 62.8 cm³/mol. The van der Waals surface area contributed by atoms with E-state index < -0.39 is 10.1 Å². The molecular weight excluding hydrogens is 260 g/mol. The van der Waals surface area contributed by atoms with E-state index in [9.17, 15) is 13.3 Å². The second-order valence-corrected chi connectivity index (χ2v) is 4.61. The zero-order chi connectivity index (χ0) is 13.6. The molecule has 0 saturated carbocycles. The molecule has 1 aromatic carbocycles. The van der Waals surface area contributed by atoms with Gasteiger partial charge in [-0.2, -0.15) is 18.5 Å². The predicted octanol–water partition coefficient (Wildman–Crippen LogP) is 1.44. The van der Waals surface area contributed by atoms with Crippen LogP contribution in [0.4, 0.5) is 5.95 Å². The summed E-state index contributed by atoms with van der Waals surface area (Å²) in [7, 11) is -4.02. The Morgan fingerprint density at radius 2 is 1.89 bits per heavy atom. The minimum Gasteiger partial charge on any atom is -0.282 e. The van der Waals surface area contributed by atoms with Crippen molar-refractivity contribution in [3.8, 4) is 0 Å². The minimum atomic E-state index is -4.02. The molecule has 9 heteroatoms. The molecule has 1 aromatic heterocycles. The Bertz CT molecular complexity index is 592. The number of benzene rings is 1. The number of H-pyrrole nitrogens is 1. The molecule has 0 aliphatic carbocycles. The van der Waals surface area contributed by atoms with Gasteiger partial charge in [-0.3, -0.25) is 4.55 Å². The van der Waals surface area contributed by atoms with Crippen LogP contribution in [-0.4, -0.2) is 28.2 Å². The van der Waals surface area contributed by atoms with Crippen LogP contribution in [0.5, 0.6) is 0 Å². The van der Waals surface area contributed by atoms with Crippen LogP contribution >= 0.6 is 0 Å². The summed E-state index contributed by atoms with van der Waals surface area (Å²) in [5.41, 5.74) is 0.956. The lowest BCUT2D eigenvalue weighted by Crippen LogP contribution is -1.96. The lowest BCUT2D eigenvalue weighted by molar-refractivity contribution is 0.483. The fraction of sp³-hybridized carbons (Fsp3) is 0.111. The number of nitrogens with one attached hydrogen (secondary N) is 1. The topological polar surface area (TPSA) is 125 Å². The average Bonchev–Trinajstić information content (AvgIpc) is 2.82. The number of nitrogens with zero attached hydrogens (tertiary/aromatic N) is 3. The number of aromatic nitrogens is 3. The Balaban J connectivity index is 0.000000199. The molecule has 0 aliphatic heterocycles. The summed E-state index contributed by atoms with van der Waals surface area (Å²) in [5.74, 6) is 0.0139. The van der Waals surface area contributed by atoms with Crippen LogP contribution in [-0.2, 0) is 10.1 Å². The first-order valence-corrected chi connectivity index (χ1v) is 6.10. The van der Waals surface area contributed by atoms with Crippen LogP contribution in [0.15, 0.2) is 40.7 Å². The number of nitroso groups, excluding NO2 is 1. The minimum absolute atomic E-state index is 0.0139. The van der Waals surface area contributed by atoms with Gasteiger partial charge in [0.15, 0.2) is 0 Å². The van der Waals surface area contributed by atoms with Crippen molar-refractivity contribution in [1.82, 2.24) is 15.2 Å². The molecule has 0 amide bonds. The van der Waals surface area contributed by atoms with E-state index in [1.807, 2.05) is 6.92 Å². The first-order chi connectivity index (χ1) is 8.43. The van der Waals surface area contributed by atoms with Crippen molar-refractivity contribution in [2.24, 2.45) is 5.18 Å². The standard InChI is InChI=1S/C7H8O3S.C2H2N4O/c1-6-2-4-7(5-3-6)11(8,9)10;7-6-2-3-1-4-5-2/h2-5H,1H3,(H,8,9,10);1H,(H,3,4,5). The molecule has 8 nitrogen and oxygen atoms in total. The van der Waals surface area contributed by atoms with Gasteiger partial charge >= 0.3 is 0 Å². The smallest absolute Gasteiger partial charge is 0.282 e. The van der Waals surface area contributed by atoms with Gasteiger partial charge < -0.3 is 0 Å². The number of aryl methyl sites for hydroxylation is 1. The first kappa shape index (κ1) is 13.9. The monoisotopic (exact) mass is 270 g/mol. The summed E-state index contributed by atoms with van der Waals surface area (Å²) in [4.78, 5) is 12.8. The molecule has 2 N–H and O–H groups in total. The maximum Gasteiger partial charge on any atom is 0.294 e. The van der Waals surface area contributed by atoms with Crippen LogP contribution in [0, 0.1) is 11.8 Å². The highest BCUT2D eigenvalue weighted by Gasteiger charge is 2.06. The summed E-state index contributed by atoms with van der Waals surface area (Å²) >= 11 is 0. The van der Waals surface area contributed by atoms with Crippen LogP contribution in [0.2, 0.25) is 0 Å². The molecule has 0 atom stereocenters. The van der Waals surface area contributed by atoms with E-state index in [0.29, 0.717) is 0 Å². The van der Waals surface area contributed by atoms with Gasteiger partial charge in [0, 0.05) is 5.18 Å². The van der Waals surface area contributed by atoms with Crippen LogP contribution in [0.1, 0.15) is 5.56 Å². The summed E-state index contributed by atoms with van der Waals surface area (Å²) in [6, 6.07) is 5.99. The van der Waals surface area contributed by atoms with Crippen LogP contribution in [0.25, 0.3) is 0 Å². The quantitative estimate of drug-likeness (QED) is 0.628. The lowest BCUT2D eigenvalue weighted by atomic mass is 10.2. The lowest BCUT2D eigenvalue weighted by Gasteiger charge is -1.95. The van der Waals surface area contributed by atoms with Crippen LogP contribution in [0.3, 0.4) is 0 Å². The molecule has 0 spiro atoms. The number of rotatable bonds is 2. The Morgan fingerprint density at radius 3 is 2.22 bits per heavy atom. The zero-order valence-electron chi connectivity index (χ0n) is 9.31. The van der Waals surface area contributed by atoms with Gasteiger partial charge in [-0.05, 0) is 19.1 Å². The molecular formula is C9H10N4O4S. The molecule has 0 bridgehead atoms. The molecule has 0 unspecified atom stereocenters. The summed E-state index contributed by atoms with van der Waals surface area (Å²) in [5, 5.41) is 8.06. The van der Waals surface area contributed by atoms with Crippen molar-refractivity contribution in [2.45, 2.75) is 11.8 Å². The molecule has 0 radical (unpaired) electrons. The third-order valence-electron chi connectivity index (χ3n) is 1.81.